The number of fused-ring (bicyclic) bond motifs is 1. The number of Topliss-reactive ketones (excluding diaryl/α,β-unsaturated/α-hetero) is 1. The number of nitrogens with zero attached hydrogens (tertiary/aromatic N) is 1. The maximum Gasteiger partial charge on any atom is 0.355 e. The van der Waals surface area contributed by atoms with Crippen LogP contribution in [0.2, 0.25) is 0 Å². The minimum Gasteiger partial charge on any atom is -0.294 e. The summed E-state index contributed by atoms with van der Waals surface area (Å²) in [6.07, 6.45) is 2.18. The Morgan fingerprint density at radius 2 is 1.96 bits per heavy atom. The maximum atomic E-state index is 13.4. The lowest BCUT2D eigenvalue weighted by Crippen LogP contribution is -2.82. The number of anilines is 1. The Morgan fingerprint density at radius 3 is 2.79 bits per heavy atom. The average molecular weight is 393 g/mol. The van der Waals surface area contributed by atoms with Crippen molar-refractivity contribution >= 4 is 38.4 Å². The van der Waals surface area contributed by atoms with E-state index < -0.39 is 0 Å². The molecule has 5 nitrogen and oxygen atoms in total. The Balaban J connectivity index is 1.52. The van der Waals surface area contributed by atoms with Gasteiger partial charge in [-0.1, -0.05) is 35.6 Å². The number of halogens is 1. The first-order valence-electron chi connectivity index (χ1n) is 9.22. The first-order valence-corrected chi connectivity index (χ1v) is 10.0. The zero-order chi connectivity index (χ0) is 19.1. The highest BCUT2D eigenvalue weighted by atomic mass is 32.1. The number of carbonyl (C=O) groups excluding carboxylic acids is 1. The van der Waals surface area contributed by atoms with Gasteiger partial charge in [0, 0.05) is 12.8 Å². The molecule has 3 aromatic rings. The Labute approximate surface area is 165 Å². The second-order valence-corrected chi connectivity index (χ2v) is 7.94. The molecule has 0 fully saturated rings. The fourth-order valence-corrected chi connectivity index (χ4v) is 4.61. The maximum absolute atomic E-state index is 13.4. The van der Waals surface area contributed by atoms with Gasteiger partial charge in [0.05, 0.1) is 21.5 Å². The van der Waals surface area contributed by atoms with E-state index >= 15 is 0 Å². The topological polar surface area (TPSA) is 68.0 Å². The van der Waals surface area contributed by atoms with Crippen LogP contribution in [0.4, 0.5) is 9.52 Å². The predicted octanol–water partition coefficient (Wildman–Crippen LogP) is 2.64. The molecule has 7 heteroatoms. The summed E-state index contributed by atoms with van der Waals surface area (Å²) in [6, 6.07) is 13.9. The summed E-state index contributed by atoms with van der Waals surface area (Å²) in [5, 5.41) is 7.41. The molecule has 0 spiro atoms. The highest BCUT2D eigenvalue weighted by molar-refractivity contribution is 7.22. The van der Waals surface area contributed by atoms with Crippen LogP contribution in [0, 0.1) is 5.82 Å². The van der Waals surface area contributed by atoms with E-state index in [-0.39, 0.29) is 17.6 Å². The summed E-state index contributed by atoms with van der Waals surface area (Å²) in [7, 11) is 0. The largest absolute Gasteiger partial charge is 0.355 e. The fraction of sp³-hybridized carbons (Fsp3) is 0.190. The molecule has 0 bridgehead atoms. The quantitative estimate of drug-likeness (QED) is 0.626. The monoisotopic (exact) mass is 393 g/mol. The van der Waals surface area contributed by atoms with Crippen LogP contribution in [0.25, 0.3) is 10.2 Å². The average Bonchev–Trinajstić information content (AvgIpc) is 3.10. The molecular weight excluding hydrogens is 375 g/mol. The van der Waals surface area contributed by atoms with Crippen molar-refractivity contribution in [1.82, 2.24) is 10.3 Å². The molecule has 0 amide bonds. The number of benzene rings is 2. The van der Waals surface area contributed by atoms with E-state index in [1.807, 2.05) is 24.3 Å². The lowest BCUT2D eigenvalue weighted by molar-refractivity contribution is -0.501. The van der Waals surface area contributed by atoms with E-state index in [0.29, 0.717) is 12.4 Å². The number of ketones is 1. The van der Waals surface area contributed by atoms with Crippen molar-refractivity contribution in [2.75, 3.05) is 5.32 Å². The third-order valence-electron chi connectivity index (χ3n) is 5.04. The Morgan fingerprint density at radius 1 is 1.14 bits per heavy atom. The first-order chi connectivity index (χ1) is 13.7. The van der Waals surface area contributed by atoms with E-state index in [2.05, 4.69) is 20.6 Å². The van der Waals surface area contributed by atoms with Gasteiger partial charge in [-0.05, 0) is 36.2 Å². The predicted molar refractivity (Wildman–Crippen MR) is 107 cm³/mol. The molecule has 1 aliphatic carbocycles. The van der Waals surface area contributed by atoms with E-state index in [1.54, 1.807) is 23.5 Å². The summed E-state index contributed by atoms with van der Waals surface area (Å²) < 4.78 is 14.5. The van der Waals surface area contributed by atoms with Crippen LogP contribution in [0.5, 0.6) is 0 Å². The lowest BCUT2D eigenvalue weighted by Gasteiger charge is -2.26. The SMILES string of the molecule is O=C1CCCC2=C1[C@@H](c1ccc(F)cc1)[NH+]=C(Nc1nc3ccccc3s1)N2. The number of rotatable bonds is 2. The van der Waals surface area contributed by atoms with Crippen molar-refractivity contribution in [3.63, 3.8) is 0 Å². The van der Waals surface area contributed by atoms with Crippen molar-refractivity contribution in [2.45, 2.75) is 25.3 Å². The summed E-state index contributed by atoms with van der Waals surface area (Å²) >= 11 is 1.56. The zero-order valence-corrected chi connectivity index (χ0v) is 15.8. The van der Waals surface area contributed by atoms with Gasteiger partial charge in [-0.3, -0.25) is 9.79 Å². The van der Waals surface area contributed by atoms with Crippen LogP contribution >= 0.6 is 11.3 Å². The summed E-state index contributed by atoms with van der Waals surface area (Å²) in [5.74, 6) is 0.523. The van der Waals surface area contributed by atoms with Gasteiger partial charge in [0.1, 0.15) is 11.9 Å². The lowest BCUT2D eigenvalue weighted by atomic mass is 9.86. The number of allylic oxidation sites excluding steroid dienone is 1. The van der Waals surface area contributed by atoms with Gasteiger partial charge in [0.15, 0.2) is 5.78 Å². The molecule has 5 rings (SSSR count). The number of carbonyl (C=O) groups is 1. The van der Waals surface area contributed by atoms with Crippen LogP contribution in [-0.2, 0) is 4.79 Å². The van der Waals surface area contributed by atoms with Crippen LogP contribution < -0.4 is 15.6 Å². The number of para-hydroxylation sites is 1. The van der Waals surface area contributed by atoms with Crippen LogP contribution in [0.3, 0.4) is 0 Å². The minimum absolute atomic E-state index is 0.134. The molecule has 0 unspecified atom stereocenters. The number of hydrogen-bond acceptors (Lipinski definition) is 5. The van der Waals surface area contributed by atoms with Gasteiger partial charge in [-0.25, -0.2) is 20.0 Å². The molecule has 1 aromatic heterocycles. The normalized spacial score (nSPS) is 19.2. The number of guanidine groups is 1. The first kappa shape index (κ1) is 17.1. The number of aromatic nitrogens is 1. The van der Waals surface area contributed by atoms with Crippen LogP contribution in [0.15, 0.2) is 59.8 Å². The molecule has 28 heavy (non-hydrogen) atoms. The van der Waals surface area contributed by atoms with Gasteiger partial charge in [0.2, 0.25) is 0 Å². The van der Waals surface area contributed by atoms with Gasteiger partial charge in [0.25, 0.3) is 5.13 Å². The number of hydrogen-bond donors (Lipinski definition) is 3. The third-order valence-corrected chi connectivity index (χ3v) is 5.99. The van der Waals surface area contributed by atoms with Gasteiger partial charge in [-0.15, -0.1) is 0 Å². The highest BCUT2D eigenvalue weighted by Crippen LogP contribution is 2.30. The van der Waals surface area contributed by atoms with Crippen molar-refractivity contribution in [3.8, 4) is 0 Å². The molecule has 1 aliphatic heterocycles. The molecule has 140 valence electrons. The summed E-state index contributed by atoms with van der Waals surface area (Å²) in [5.41, 5.74) is 3.46. The van der Waals surface area contributed by atoms with Crippen LogP contribution in [-0.4, -0.2) is 16.7 Å². The molecular formula is C21H18FN4OS+. The minimum atomic E-state index is -0.318. The molecule has 2 aromatic carbocycles. The Hall–Kier alpha value is -3.06. The van der Waals surface area contributed by atoms with E-state index in [1.165, 1.54) is 12.1 Å². The van der Waals surface area contributed by atoms with Crippen molar-refractivity contribution < 1.29 is 14.2 Å². The van der Waals surface area contributed by atoms with Crippen molar-refractivity contribution in [3.05, 3.63) is 71.2 Å². The van der Waals surface area contributed by atoms with Crippen LogP contribution in [0.1, 0.15) is 30.9 Å². The number of nitrogens with one attached hydrogen (secondary N) is 3. The molecule has 3 N–H and O–H groups in total. The summed E-state index contributed by atoms with van der Waals surface area (Å²) in [6.45, 7) is 0. The second-order valence-electron chi connectivity index (χ2n) is 6.91. The fourth-order valence-electron chi connectivity index (χ4n) is 3.74. The Kier molecular flexibility index (Phi) is 4.16. The smallest absolute Gasteiger partial charge is 0.294 e. The van der Waals surface area contributed by atoms with Gasteiger partial charge in [-0.2, -0.15) is 0 Å². The van der Waals surface area contributed by atoms with Crippen molar-refractivity contribution in [1.29, 1.82) is 0 Å². The van der Waals surface area contributed by atoms with Gasteiger partial charge >= 0.3 is 5.96 Å². The van der Waals surface area contributed by atoms with E-state index in [9.17, 15) is 9.18 Å². The molecule has 0 radical (unpaired) electrons. The molecule has 1 atom stereocenters. The second kappa shape index (κ2) is 6.83. The zero-order valence-electron chi connectivity index (χ0n) is 15.0. The number of thiazole rings is 1. The molecule has 0 saturated carbocycles. The van der Waals surface area contributed by atoms with E-state index in [4.69, 9.17) is 0 Å². The molecule has 2 heterocycles. The Bertz CT molecular complexity index is 1100. The highest BCUT2D eigenvalue weighted by Gasteiger charge is 2.36. The van der Waals surface area contributed by atoms with Gasteiger partial charge < -0.3 is 0 Å². The standard InChI is InChI=1S/C21H17FN4OS/c22-13-10-8-12(9-11-13)19-18-15(5-3-6-16(18)27)23-20(25-19)26-21-24-14-4-1-2-7-17(14)28-21/h1-2,4,7-11,19H,3,5-6H2,(H2,23,24,25,26)/p+1/t19-/m1/s1. The molecule has 2 aliphatic rings. The van der Waals surface area contributed by atoms with Crippen molar-refractivity contribution in [2.24, 2.45) is 0 Å². The third kappa shape index (κ3) is 3.07. The molecule has 0 saturated heterocycles. The van der Waals surface area contributed by atoms with E-state index in [0.717, 1.165) is 45.0 Å². The summed E-state index contributed by atoms with van der Waals surface area (Å²) in [4.78, 5) is 20.6.